The van der Waals surface area contributed by atoms with Crippen molar-refractivity contribution in [1.29, 1.82) is 0 Å². The van der Waals surface area contributed by atoms with E-state index in [0.717, 1.165) is 44.8 Å². The van der Waals surface area contributed by atoms with Gasteiger partial charge >= 0.3 is 0 Å². The second-order valence-corrected chi connectivity index (χ2v) is 14.2. The fraction of sp³-hybridized carbons (Fsp3) is 0. The summed E-state index contributed by atoms with van der Waals surface area (Å²) in [5.41, 5.74) is 13.7. The maximum atomic E-state index is 5.30. The molecule has 11 rings (SSSR count). The maximum absolute atomic E-state index is 5.30. The van der Waals surface area contributed by atoms with Crippen molar-refractivity contribution < 1.29 is 0 Å². The van der Waals surface area contributed by atoms with Crippen molar-refractivity contribution in [3.8, 4) is 50.5 Å². The number of fused-ring (bicyclic) bond motifs is 8. The van der Waals surface area contributed by atoms with E-state index in [2.05, 4.69) is 180 Å². The molecule has 0 aliphatic rings. The van der Waals surface area contributed by atoms with E-state index in [1.54, 1.807) is 0 Å². The lowest BCUT2D eigenvalue weighted by molar-refractivity contribution is 1.18. The zero-order chi connectivity index (χ0) is 36.3. The smallest absolute Gasteiger partial charge is 0.0973 e. The van der Waals surface area contributed by atoms with E-state index >= 15 is 0 Å². The molecule has 0 radical (unpaired) electrons. The molecule has 2 aromatic heterocycles. The number of para-hydroxylation sites is 2. The van der Waals surface area contributed by atoms with Crippen LogP contribution in [0.3, 0.4) is 0 Å². The quantitative estimate of drug-likeness (QED) is 0.179. The summed E-state index contributed by atoms with van der Waals surface area (Å²) in [4.78, 5) is 10.6. The van der Waals surface area contributed by atoms with E-state index in [1.807, 2.05) is 24.3 Å². The van der Waals surface area contributed by atoms with Crippen LogP contribution in [0.2, 0.25) is 0 Å². The lowest BCUT2D eigenvalue weighted by Crippen LogP contribution is -1.98. The first-order chi connectivity index (χ1) is 27.3. The topological polar surface area (TPSA) is 30.7 Å². The predicted octanol–water partition coefficient (Wildman–Crippen LogP) is 13.7. The van der Waals surface area contributed by atoms with Crippen LogP contribution in [-0.2, 0) is 0 Å². The number of rotatable bonds is 5. The molecule has 0 saturated carbocycles. The van der Waals surface area contributed by atoms with Gasteiger partial charge in [-0.25, -0.2) is 9.97 Å². The molecule has 0 atom stereocenters. The molecule has 0 saturated heterocycles. The number of hydrogen-bond acceptors (Lipinski definition) is 2. The van der Waals surface area contributed by atoms with Crippen LogP contribution in [0.15, 0.2) is 200 Å². The second-order valence-electron chi connectivity index (χ2n) is 14.2. The van der Waals surface area contributed by atoms with Gasteiger partial charge in [0.15, 0.2) is 0 Å². The zero-order valence-electron chi connectivity index (χ0n) is 29.9. The van der Waals surface area contributed by atoms with E-state index in [0.29, 0.717) is 0 Å². The summed E-state index contributed by atoms with van der Waals surface area (Å²) in [6.07, 6.45) is 0. The monoisotopic (exact) mass is 699 g/mol. The molecule has 55 heavy (non-hydrogen) atoms. The van der Waals surface area contributed by atoms with E-state index in [9.17, 15) is 0 Å². The molecule has 0 bridgehead atoms. The van der Waals surface area contributed by atoms with Gasteiger partial charge in [0.1, 0.15) is 0 Å². The summed E-state index contributed by atoms with van der Waals surface area (Å²) in [6, 6.07) is 71.4. The zero-order valence-corrected chi connectivity index (χ0v) is 29.9. The average molecular weight is 700 g/mol. The first-order valence-electron chi connectivity index (χ1n) is 18.7. The van der Waals surface area contributed by atoms with Crippen LogP contribution in [0.25, 0.3) is 105 Å². The Kier molecular flexibility index (Phi) is 7.17. The number of aromatic nitrogens is 3. The first kappa shape index (κ1) is 31.2. The van der Waals surface area contributed by atoms with Gasteiger partial charge in [0, 0.05) is 27.6 Å². The molecule has 0 aliphatic carbocycles. The minimum Gasteiger partial charge on any atom is -0.309 e. The lowest BCUT2D eigenvalue weighted by atomic mass is 9.98. The molecule has 0 N–H and O–H groups in total. The molecule has 11 aromatic rings. The Hall–Kier alpha value is -7.36. The van der Waals surface area contributed by atoms with Gasteiger partial charge in [0.25, 0.3) is 0 Å². The average Bonchev–Trinajstić information content (AvgIpc) is 3.62. The Bertz CT molecular complexity index is 3140. The van der Waals surface area contributed by atoms with E-state index in [4.69, 9.17) is 9.97 Å². The first-order valence-corrected chi connectivity index (χ1v) is 18.7. The van der Waals surface area contributed by atoms with Crippen molar-refractivity contribution >= 4 is 54.4 Å². The van der Waals surface area contributed by atoms with Crippen LogP contribution in [-0.4, -0.2) is 14.5 Å². The third-order valence-electron chi connectivity index (χ3n) is 11.0. The van der Waals surface area contributed by atoms with Crippen molar-refractivity contribution in [2.45, 2.75) is 0 Å². The van der Waals surface area contributed by atoms with Crippen molar-refractivity contribution in [2.24, 2.45) is 0 Å². The van der Waals surface area contributed by atoms with Gasteiger partial charge in [0.05, 0.1) is 33.5 Å². The molecular weight excluding hydrogens is 667 g/mol. The molecule has 3 heteroatoms. The van der Waals surface area contributed by atoms with E-state index in [-0.39, 0.29) is 0 Å². The lowest BCUT2D eigenvalue weighted by Gasteiger charge is -2.14. The largest absolute Gasteiger partial charge is 0.309 e. The maximum Gasteiger partial charge on any atom is 0.0973 e. The fourth-order valence-corrected chi connectivity index (χ4v) is 8.33. The van der Waals surface area contributed by atoms with Crippen LogP contribution in [0.1, 0.15) is 0 Å². The Labute approximate surface area is 318 Å². The van der Waals surface area contributed by atoms with E-state index < -0.39 is 0 Å². The minimum absolute atomic E-state index is 0.859. The summed E-state index contributed by atoms with van der Waals surface area (Å²) in [6.45, 7) is 0. The highest BCUT2D eigenvalue weighted by Crippen LogP contribution is 2.41. The van der Waals surface area contributed by atoms with Crippen molar-refractivity contribution in [2.75, 3.05) is 0 Å². The Morgan fingerprint density at radius 2 is 0.745 bits per heavy atom. The summed E-state index contributed by atoms with van der Waals surface area (Å²) in [5.74, 6) is 0. The second kappa shape index (κ2) is 12.6. The summed E-state index contributed by atoms with van der Waals surface area (Å²) in [5, 5.41) is 7.54. The van der Waals surface area contributed by atoms with Gasteiger partial charge in [-0.05, 0) is 80.2 Å². The Morgan fingerprint density at radius 1 is 0.309 bits per heavy atom. The van der Waals surface area contributed by atoms with Gasteiger partial charge < -0.3 is 4.57 Å². The van der Waals surface area contributed by atoms with Gasteiger partial charge in [-0.15, -0.1) is 0 Å². The standard InChI is InChI=1S/C52H33N3/c1-2-11-34(12-3-1)35-21-23-36(24-22-35)37-25-27-40(28-26-37)51-52(54-46-20-9-8-19-45(46)53-51)41-15-10-16-42(33-41)55-47-31-29-38-13-4-6-17-43(38)49(47)50-44-18-7-5-14-39(44)30-32-48(50)55/h1-33H. The van der Waals surface area contributed by atoms with Crippen molar-refractivity contribution in [3.63, 3.8) is 0 Å². The SMILES string of the molecule is c1ccc(-c2ccc(-c3ccc(-c4nc5ccccc5nc4-c4cccc(-n5c6ccc7ccccc7c6c6c7ccccc7ccc65)c4)cc3)cc2)cc1. The summed E-state index contributed by atoms with van der Waals surface area (Å²) < 4.78 is 2.42. The number of nitrogens with zero attached hydrogens (tertiary/aromatic N) is 3. The minimum atomic E-state index is 0.859. The summed E-state index contributed by atoms with van der Waals surface area (Å²) in [7, 11) is 0. The molecule has 0 spiro atoms. The molecule has 0 amide bonds. The molecule has 0 aliphatic heterocycles. The molecule has 0 fully saturated rings. The van der Waals surface area contributed by atoms with Crippen LogP contribution < -0.4 is 0 Å². The molecule has 256 valence electrons. The van der Waals surface area contributed by atoms with Crippen LogP contribution in [0.5, 0.6) is 0 Å². The van der Waals surface area contributed by atoms with Crippen LogP contribution >= 0.6 is 0 Å². The Balaban J connectivity index is 1.06. The van der Waals surface area contributed by atoms with Crippen molar-refractivity contribution in [1.82, 2.24) is 14.5 Å². The number of hydrogen-bond donors (Lipinski definition) is 0. The van der Waals surface area contributed by atoms with Crippen LogP contribution in [0, 0.1) is 0 Å². The van der Waals surface area contributed by atoms with Crippen molar-refractivity contribution in [3.05, 3.63) is 200 Å². The van der Waals surface area contributed by atoms with Gasteiger partial charge in [-0.1, -0.05) is 164 Å². The third-order valence-corrected chi connectivity index (χ3v) is 11.0. The van der Waals surface area contributed by atoms with Crippen LogP contribution in [0.4, 0.5) is 0 Å². The highest BCUT2D eigenvalue weighted by atomic mass is 15.0. The van der Waals surface area contributed by atoms with E-state index in [1.165, 1.54) is 60.0 Å². The highest BCUT2D eigenvalue weighted by molar-refractivity contribution is 6.28. The van der Waals surface area contributed by atoms with Gasteiger partial charge in [-0.3, -0.25) is 0 Å². The van der Waals surface area contributed by atoms with Gasteiger partial charge in [0.2, 0.25) is 0 Å². The normalized spacial score (nSPS) is 11.6. The molecule has 2 heterocycles. The molecule has 9 aromatic carbocycles. The fourth-order valence-electron chi connectivity index (χ4n) is 8.33. The third kappa shape index (κ3) is 5.20. The molecule has 3 nitrogen and oxygen atoms in total. The molecule has 0 unspecified atom stereocenters. The highest BCUT2D eigenvalue weighted by Gasteiger charge is 2.19. The Morgan fingerprint density at radius 3 is 1.31 bits per heavy atom. The predicted molar refractivity (Wildman–Crippen MR) is 231 cm³/mol. The van der Waals surface area contributed by atoms with Gasteiger partial charge in [-0.2, -0.15) is 0 Å². The molecular formula is C52H33N3. The number of benzene rings is 9. The summed E-state index contributed by atoms with van der Waals surface area (Å²) >= 11 is 0.